The number of hydrogen-bond acceptors (Lipinski definition) is 4. The Morgan fingerprint density at radius 3 is 2.50 bits per heavy atom. The molecule has 0 aliphatic rings. The summed E-state index contributed by atoms with van der Waals surface area (Å²) in [5, 5.41) is 2.53. The van der Waals surface area contributed by atoms with Crippen molar-refractivity contribution in [3.05, 3.63) is 29.9 Å². The van der Waals surface area contributed by atoms with Crippen molar-refractivity contribution in [3.63, 3.8) is 0 Å². The van der Waals surface area contributed by atoms with Crippen LogP contribution in [-0.4, -0.2) is 19.0 Å². The molecule has 0 aliphatic heterocycles. The van der Waals surface area contributed by atoms with Crippen molar-refractivity contribution in [3.8, 4) is 0 Å². The standard InChI is InChI=1S/C13H17NO4/c1-13(2,3)12(16)14-10(11(15)17-4)8-9-6-5-7-18-9/h5-8H,1-4H3,(H,14,16)/b10-8-. The highest BCUT2D eigenvalue weighted by Crippen LogP contribution is 2.15. The summed E-state index contributed by atoms with van der Waals surface area (Å²) < 4.78 is 9.70. The largest absolute Gasteiger partial charge is 0.465 e. The van der Waals surface area contributed by atoms with Gasteiger partial charge in [0, 0.05) is 11.5 Å². The third-order valence-electron chi connectivity index (χ3n) is 2.16. The Labute approximate surface area is 106 Å². The second-order valence-corrected chi connectivity index (χ2v) is 4.77. The van der Waals surface area contributed by atoms with E-state index < -0.39 is 11.4 Å². The predicted octanol–water partition coefficient (Wildman–Crippen LogP) is 1.96. The van der Waals surface area contributed by atoms with Crippen LogP contribution in [0.5, 0.6) is 0 Å². The van der Waals surface area contributed by atoms with Gasteiger partial charge in [-0.25, -0.2) is 4.79 Å². The Morgan fingerprint density at radius 2 is 2.06 bits per heavy atom. The first-order chi connectivity index (χ1) is 8.34. The fourth-order valence-corrected chi connectivity index (χ4v) is 1.08. The molecule has 0 spiro atoms. The average molecular weight is 251 g/mol. The monoisotopic (exact) mass is 251 g/mol. The Hall–Kier alpha value is -2.04. The minimum absolute atomic E-state index is 0.0485. The minimum Gasteiger partial charge on any atom is -0.465 e. The van der Waals surface area contributed by atoms with Crippen LogP contribution in [0.15, 0.2) is 28.5 Å². The zero-order valence-electron chi connectivity index (χ0n) is 10.9. The van der Waals surface area contributed by atoms with Gasteiger partial charge in [0.05, 0.1) is 13.4 Å². The summed E-state index contributed by atoms with van der Waals surface area (Å²) >= 11 is 0. The van der Waals surface area contributed by atoms with Gasteiger partial charge < -0.3 is 14.5 Å². The van der Waals surface area contributed by atoms with E-state index in [4.69, 9.17) is 4.42 Å². The second kappa shape index (κ2) is 5.53. The number of nitrogens with one attached hydrogen (secondary N) is 1. The van der Waals surface area contributed by atoms with Crippen molar-refractivity contribution in [1.82, 2.24) is 5.32 Å². The van der Waals surface area contributed by atoms with E-state index in [2.05, 4.69) is 10.1 Å². The maximum atomic E-state index is 11.8. The van der Waals surface area contributed by atoms with Gasteiger partial charge in [-0.3, -0.25) is 4.79 Å². The Morgan fingerprint density at radius 1 is 1.39 bits per heavy atom. The predicted molar refractivity (Wildman–Crippen MR) is 66.3 cm³/mol. The molecule has 5 heteroatoms. The van der Waals surface area contributed by atoms with Crippen LogP contribution in [0, 0.1) is 5.41 Å². The van der Waals surface area contributed by atoms with E-state index in [1.165, 1.54) is 19.4 Å². The van der Waals surface area contributed by atoms with E-state index in [1.807, 2.05) is 0 Å². The number of carbonyl (C=O) groups is 2. The lowest BCUT2D eigenvalue weighted by atomic mass is 9.95. The molecule has 1 rings (SSSR count). The van der Waals surface area contributed by atoms with Crippen LogP contribution in [0.4, 0.5) is 0 Å². The highest BCUT2D eigenvalue weighted by Gasteiger charge is 2.24. The number of esters is 1. The smallest absolute Gasteiger partial charge is 0.354 e. The molecule has 0 aliphatic carbocycles. The normalized spacial score (nSPS) is 12.1. The number of ether oxygens (including phenoxy) is 1. The van der Waals surface area contributed by atoms with E-state index in [9.17, 15) is 9.59 Å². The zero-order chi connectivity index (χ0) is 13.8. The Bertz CT molecular complexity index is 452. The molecule has 1 heterocycles. The van der Waals surface area contributed by atoms with Crippen molar-refractivity contribution < 1.29 is 18.7 Å². The summed E-state index contributed by atoms with van der Waals surface area (Å²) in [4.78, 5) is 23.4. The second-order valence-electron chi connectivity index (χ2n) is 4.77. The van der Waals surface area contributed by atoms with E-state index in [0.29, 0.717) is 5.76 Å². The van der Waals surface area contributed by atoms with Crippen LogP contribution in [0.1, 0.15) is 26.5 Å². The van der Waals surface area contributed by atoms with Crippen molar-refractivity contribution in [2.75, 3.05) is 7.11 Å². The molecular weight excluding hydrogens is 234 g/mol. The van der Waals surface area contributed by atoms with Gasteiger partial charge in [0.25, 0.3) is 0 Å². The maximum absolute atomic E-state index is 11.8. The van der Waals surface area contributed by atoms with Gasteiger partial charge in [-0.15, -0.1) is 0 Å². The molecule has 0 radical (unpaired) electrons. The molecule has 0 atom stereocenters. The molecule has 0 saturated carbocycles. The first-order valence-electron chi connectivity index (χ1n) is 5.49. The van der Waals surface area contributed by atoms with Crippen LogP contribution in [0.25, 0.3) is 6.08 Å². The van der Waals surface area contributed by atoms with Crippen LogP contribution < -0.4 is 5.32 Å². The Balaban J connectivity index is 2.94. The molecule has 18 heavy (non-hydrogen) atoms. The molecule has 1 N–H and O–H groups in total. The molecule has 0 fully saturated rings. The summed E-state index contributed by atoms with van der Waals surface area (Å²) in [6.45, 7) is 5.26. The minimum atomic E-state index is -0.621. The molecule has 5 nitrogen and oxygen atoms in total. The first-order valence-corrected chi connectivity index (χ1v) is 5.49. The highest BCUT2D eigenvalue weighted by molar-refractivity contribution is 5.98. The van der Waals surface area contributed by atoms with Crippen LogP contribution in [0.3, 0.4) is 0 Å². The summed E-state index contributed by atoms with van der Waals surface area (Å²) in [6, 6.07) is 3.36. The van der Waals surface area contributed by atoms with Crippen molar-refractivity contribution in [2.45, 2.75) is 20.8 Å². The number of carbonyl (C=O) groups excluding carboxylic acids is 2. The topological polar surface area (TPSA) is 68.5 Å². The van der Waals surface area contributed by atoms with Crippen molar-refractivity contribution in [2.24, 2.45) is 5.41 Å². The van der Waals surface area contributed by atoms with E-state index in [1.54, 1.807) is 32.9 Å². The lowest BCUT2D eigenvalue weighted by Crippen LogP contribution is -2.36. The van der Waals surface area contributed by atoms with Crippen LogP contribution in [-0.2, 0) is 14.3 Å². The maximum Gasteiger partial charge on any atom is 0.354 e. The molecule has 0 unspecified atom stereocenters. The lowest BCUT2D eigenvalue weighted by Gasteiger charge is -2.18. The summed E-state index contributed by atoms with van der Waals surface area (Å²) in [7, 11) is 1.25. The van der Waals surface area contributed by atoms with Gasteiger partial charge in [0.15, 0.2) is 0 Å². The SMILES string of the molecule is COC(=O)/C(=C/c1ccco1)NC(=O)C(C)(C)C. The number of methoxy groups -OCH3 is 1. The number of amides is 1. The van der Waals surface area contributed by atoms with Gasteiger partial charge in [-0.05, 0) is 12.1 Å². The molecule has 1 aromatic rings. The van der Waals surface area contributed by atoms with Gasteiger partial charge in [-0.2, -0.15) is 0 Å². The molecular formula is C13H17NO4. The fraction of sp³-hybridized carbons (Fsp3) is 0.385. The molecule has 0 saturated heterocycles. The first kappa shape index (κ1) is 14.0. The third kappa shape index (κ3) is 3.76. The van der Waals surface area contributed by atoms with E-state index in [-0.39, 0.29) is 11.6 Å². The van der Waals surface area contributed by atoms with Gasteiger partial charge in [0.2, 0.25) is 5.91 Å². The quantitative estimate of drug-likeness (QED) is 0.658. The van der Waals surface area contributed by atoms with Crippen molar-refractivity contribution >= 4 is 18.0 Å². The number of furan rings is 1. The van der Waals surface area contributed by atoms with Gasteiger partial charge in [0.1, 0.15) is 11.5 Å². The summed E-state index contributed by atoms with van der Waals surface area (Å²) in [5.41, 5.74) is -0.552. The summed E-state index contributed by atoms with van der Waals surface area (Å²) in [6.07, 6.45) is 2.90. The van der Waals surface area contributed by atoms with Gasteiger partial charge >= 0.3 is 5.97 Å². The Kier molecular flexibility index (Phi) is 4.31. The van der Waals surface area contributed by atoms with Crippen molar-refractivity contribution in [1.29, 1.82) is 0 Å². The average Bonchev–Trinajstić information content (AvgIpc) is 2.78. The molecule has 0 aromatic carbocycles. The molecule has 1 amide bonds. The number of rotatable bonds is 3. The third-order valence-corrected chi connectivity index (χ3v) is 2.16. The zero-order valence-corrected chi connectivity index (χ0v) is 10.9. The van der Waals surface area contributed by atoms with Crippen LogP contribution in [0.2, 0.25) is 0 Å². The highest BCUT2D eigenvalue weighted by atomic mass is 16.5. The fourth-order valence-electron chi connectivity index (χ4n) is 1.08. The van der Waals surface area contributed by atoms with Crippen LogP contribution >= 0.6 is 0 Å². The van der Waals surface area contributed by atoms with E-state index >= 15 is 0 Å². The number of hydrogen-bond donors (Lipinski definition) is 1. The molecule has 98 valence electrons. The lowest BCUT2D eigenvalue weighted by molar-refractivity contribution is -0.138. The molecule has 1 aromatic heterocycles. The van der Waals surface area contributed by atoms with Gasteiger partial charge in [-0.1, -0.05) is 20.8 Å². The summed E-state index contributed by atoms with van der Waals surface area (Å²) in [5.74, 6) is -0.431. The molecule has 0 bridgehead atoms. The van der Waals surface area contributed by atoms with E-state index in [0.717, 1.165) is 0 Å².